The Kier molecular flexibility index (Phi) is 6.47. The van der Waals surface area contributed by atoms with Crippen LogP contribution in [0.1, 0.15) is 30.5 Å². The van der Waals surface area contributed by atoms with Crippen molar-refractivity contribution in [2.75, 3.05) is 0 Å². The lowest BCUT2D eigenvalue weighted by Crippen LogP contribution is -2.39. The van der Waals surface area contributed by atoms with E-state index in [4.69, 9.17) is 5.73 Å². The van der Waals surface area contributed by atoms with Crippen LogP contribution in [0, 0.1) is 12.7 Å². The largest absolute Gasteiger partial charge is 0.347 e. The second-order valence-electron chi connectivity index (χ2n) is 4.99. The van der Waals surface area contributed by atoms with E-state index in [0.717, 1.165) is 21.1 Å². The Morgan fingerprint density at radius 1 is 1.32 bits per heavy atom. The third-order valence-electron chi connectivity index (χ3n) is 3.09. The van der Waals surface area contributed by atoms with Crippen molar-refractivity contribution in [1.82, 2.24) is 10.3 Å². The molecule has 120 valence electrons. The summed E-state index contributed by atoms with van der Waals surface area (Å²) in [6, 6.07) is 5.51. The Labute approximate surface area is 139 Å². The van der Waals surface area contributed by atoms with E-state index in [1.54, 1.807) is 19.1 Å². The van der Waals surface area contributed by atoms with Crippen LogP contribution >= 0.6 is 23.7 Å². The highest BCUT2D eigenvalue weighted by Gasteiger charge is 2.18. The van der Waals surface area contributed by atoms with Crippen molar-refractivity contribution in [3.63, 3.8) is 0 Å². The number of hydrogen-bond acceptors (Lipinski definition) is 4. The van der Waals surface area contributed by atoms with E-state index in [2.05, 4.69) is 10.3 Å². The maximum Gasteiger partial charge on any atom is 0.237 e. The van der Waals surface area contributed by atoms with Crippen LogP contribution in [0.3, 0.4) is 0 Å². The zero-order chi connectivity index (χ0) is 15.6. The van der Waals surface area contributed by atoms with E-state index < -0.39 is 6.04 Å². The molecule has 0 aliphatic rings. The van der Waals surface area contributed by atoms with Crippen molar-refractivity contribution < 1.29 is 9.18 Å². The van der Waals surface area contributed by atoms with Gasteiger partial charge in [0.2, 0.25) is 5.91 Å². The first-order valence-electron chi connectivity index (χ1n) is 6.67. The summed E-state index contributed by atoms with van der Waals surface area (Å²) >= 11 is 1.49. The first-order chi connectivity index (χ1) is 9.88. The van der Waals surface area contributed by atoms with Gasteiger partial charge in [0.05, 0.1) is 22.7 Å². The molecule has 1 unspecified atom stereocenters. The number of nitrogens with two attached hydrogens (primary N) is 1. The summed E-state index contributed by atoms with van der Waals surface area (Å²) in [6.07, 6.45) is 0. The smallest absolute Gasteiger partial charge is 0.237 e. The standard InChI is InChI=1S/C15H18FN3OS.ClH/c1-8(17)14(20)18-9(2)13-10(3)19-15(21-13)11-4-6-12(16)7-5-11;/h4-9H,17H2,1-3H3,(H,18,20);1H/t8-,9?;/m1./s1. The second kappa shape index (κ2) is 7.67. The van der Waals surface area contributed by atoms with Crippen LogP contribution in [0.15, 0.2) is 24.3 Å². The van der Waals surface area contributed by atoms with Crippen LogP contribution in [-0.4, -0.2) is 16.9 Å². The summed E-state index contributed by atoms with van der Waals surface area (Å²) < 4.78 is 13.0. The van der Waals surface area contributed by atoms with Crippen LogP contribution in [0.4, 0.5) is 4.39 Å². The van der Waals surface area contributed by atoms with Crippen molar-refractivity contribution in [2.24, 2.45) is 5.73 Å². The van der Waals surface area contributed by atoms with Gasteiger partial charge in [-0.3, -0.25) is 4.79 Å². The first-order valence-corrected chi connectivity index (χ1v) is 7.49. The number of carbonyl (C=O) groups excluding carboxylic acids is 1. The molecule has 2 rings (SSSR count). The average Bonchev–Trinajstić information content (AvgIpc) is 2.81. The normalized spacial score (nSPS) is 13.1. The molecule has 1 aromatic carbocycles. The highest BCUT2D eigenvalue weighted by Crippen LogP contribution is 2.31. The number of nitrogens with zero attached hydrogens (tertiary/aromatic N) is 1. The number of thiazole rings is 1. The van der Waals surface area contributed by atoms with Gasteiger partial charge in [0.15, 0.2) is 0 Å². The molecule has 0 aliphatic heterocycles. The van der Waals surface area contributed by atoms with E-state index in [9.17, 15) is 9.18 Å². The summed E-state index contributed by atoms with van der Waals surface area (Å²) in [5, 5.41) is 3.67. The molecule has 1 amide bonds. The number of nitrogens with one attached hydrogen (secondary N) is 1. The highest BCUT2D eigenvalue weighted by molar-refractivity contribution is 7.15. The molecule has 0 fully saturated rings. The number of carbonyl (C=O) groups is 1. The molecule has 0 radical (unpaired) electrons. The molecule has 0 bridgehead atoms. The highest BCUT2D eigenvalue weighted by atomic mass is 35.5. The van der Waals surface area contributed by atoms with Crippen molar-refractivity contribution >= 4 is 29.7 Å². The Morgan fingerprint density at radius 2 is 1.91 bits per heavy atom. The average molecular weight is 344 g/mol. The number of hydrogen-bond donors (Lipinski definition) is 2. The SMILES string of the molecule is Cc1nc(-c2ccc(F)cc2)sc1C(C)NC(=O)[C@@H](C)N.Cl. The lowest BCUT2D eigenvalue weighted by atomic mass is 10.2. The van der Waals surface area contributed by atoms with Crippen molar-refractivity contribution in [2.45, 2.75) is 32.9 Å². The van der Waals surface area contributed by atoms with E-state index in [-0.39, 0.29) is 30.2 Å². The molecular formula is C15H19ClFN3OS. The maximum atomic E-state index is 13.0. The van der Waals surface area contributed by atoms with Crippen LogP contribution in [-0.2, 0) is 4.79 Å². The summed E-state index contributed by atoms with van der Waals surface area (Å²) in [6.45, 7) is 5.44. The Bertz CT molecular complexity index is 643. The van der Waals surface area contributed by atoms with Gasteiger partial charge in [0.1, 0.15) is 10.8 Å². The van der Waals surface area contributed by atoms with Crippen LogP contribution in [0.5, 0.6) is 0 Å². The number of aryl methyl sites for hydroxylation is 1. The minimum atomic E-state index is -0.544. The van der Waals surface area contributed by atoms with Gasteiger partial charge in [0.25, 0.3) is 0 Å². The summed E-state index contributed by atoms with van der Waals surface area (Å²) in [5.74, 6) is -0.469. The lowest BCUT2D eigenvalue weighted by molar-refractivity contribution is -0.122. The van der Waals surface area contributed by atoms with Crippen LogP contribution in [0.25, 0.3) is 10.6 Å². The summed E-state index contributed by atoms with van der Waals surface area (Å²) in [4.78, 5) is 17.1. The van der Waals surface area contributed by atoms with E-state index in [1.165, 1.54) is 23.5 Å². The predicted octanol–water partition coefficient (Wildman–Crippen LogP) is 3.20. The molecular weight excluding hydrogens is 325 g/mol. The Hall–Kier alpha value is -1.50. The quantitative estimate of drug-likeness (QED) is 0.895. The zero-order valence-electron chi connectivity index (χ0n) is 12.6. The topological polar surface area (TPSA) is 68.0 Å². The fraction of sp³-hybridized carbons (Fsp3) is 0.333. The van der Waals surface area contributed by atoms with Gasteiger partial charge in [0, 0.05) is 5.56 Å². The van der Waals surface area contributed by atoms with Gasteiger partial charge in [-0.25, -0.2) is 9.37 Å². The molecule has 7 heteroatoms. The lowest BCUT2D eigenvalue weighted by Gasteiger charge is -2.14. The van der Waals surface area contributed by atoms with Crippen molar-refractivity contribution in [3.8, 4) is 10.6 Å². The number of halogens is 2. The molecule has 2 aromatic rings. The van der Waals surface area contributed by atoms with E-state index >= 15 is 0 Å². The number of amides is 1. The van der Waals surface area contributed by atoms with Gasteiger partial charge in [-0.05, 0) is 45.0 Å². The van der Waals surface area contributed by atoms with Crippen LogP contribution < -0.4 is 11.1 Å². The Morgan fingerprint density at radius 3 is 2.45 bits per heavy atom. The van der Waals surface area contributed by atoms with Gasteiger partial charge in [-0.1, -0.05) is 0 Å². The summed E-state index contributed by atoms with van der Waals surface area (Å²) in [5.41, 5.74) is 7.27. The first kappa shape index (κ1) is 18.5. The molecule has 1 aromatic heterocycles. The maximum absolute atomic E-state index is 13.0. The van der Waals surface area contributed by atoms with Gasteiger partial charge in [-0.2, -0.15) is 0 Å². The third-order valence-corrected chi connectivity index (χ3v) is 4.48. The molecule has 4 nitrogen and oxygen atoms in total. The Balaban J connectivity index is 0.00000242. The fourth-order valence-corrected chi connectivity index (χ4v) is 3.01. The molecule has 2 atom stereocenters. The molecule has 0 aliphatic carbocycles. The van der Waals surface area contributed by atoms with Crippen molar-refractivity contribution in [3.05, 3.63) is 40.7 Å². The van der Waals surface area contributed by atoms with Gasteiger partial charge < -0.3 is 11.1 Å². The molecule has 3 N–H and O–H groups in total. The number of rotatable bonds is 4. The fourth-order valence-electron chi connectivity index (χ4n) is 1.94. The molecule has 0 saturated carbocycles. The monoisotopic (exact) mass is 343 g/mol. The predicted molar refractivity (Wildman–Crippen MR) is 89.7 cm³/mol. The van der Waals surface area contributed by atoms with E-state index in [1.807, 2.05) is 13.8 Å². The minimum absolute atomic E-state index is 0. The number of benzene rings is 1. The van der Waals surface area contributed by atoms with Crippen LogP contribution in [0.2, 0.25) is 0 Å². The summed E-state index contributed by atoms with van der Waals surface area (Å²) in [7, 11) is 0. The molecule has 1 heterocycles. The van der Waals surface area contributed by atoms with E-state index in [0.29, 0.717) is 0 Å². The molecule has 0 saturated heterocycles. The van der Waals surface area contributed by atoms with Gasteiger partial charge >= 0.3 is 0 Å². The minimum Gasteiger partial charge on any atom is -0.347 e. The molecule has 22 heavy (non-hydrogen) atoms. The third kappa shape index (κ3) is 4.25. The van der Waals surface area contributed by atoms with Crippen molar-refractivity contribution in [1.29, 1.82) is 0 Å². The van der Waals surface area contributed by atoms with Gasteiger partial charge in [-0.15, -0.1) is 23.7 Å². The molecule has 0 spiro atoms. The zero-order valence-corrected chi connectivity index (χ0v) is 14.2. The number of aromatic nitrogens is 1. The second-order valence-corrected chi connectivity index (χ2v) is 6.03.